The summed E-state index contributed by atoms with van der Waals surface area (Å²) in [6.45, 7) is 7.26. The van der Waals surface area contributed by atoms with E-state index >= 15 is 0 Å². The summed E-state index contributed by atoms with van der Waals surface area (Å²) in [4.78, 5) is 0.323. The van der Waals surface area contributed by atoms with Crippen molar-refractivity contribution in [2.24, 2.45) is 7.05 Å². The Balaban J connectivity index is 1.92. The Labute approximate surface area is 161 Å². The second-order valence-corrected chi connectivity index (χ2v) is 8.49. The fourth-order valence-electron chi connectivity index (χ4n) is 3.72. The molecule has 1 N–H and O–H groups in total. The molecule has 150 valence electrons. The molecule has 0 spiro atoms. The maximum atomic E-state index is 13.3. The molecule has 0 aliphatic carbocycles. The molecule has 3 rings (SSSR count). The summed E-state index contributed by atoms with van der Waals surface area (Å²) in [5, 5.41) is 8.71. The molecule has 2 aromatic rings. The van der Waals surface area contributed by atoms with E-state index in [1.165, 1.54) is 0 Å². The minimum Gasteiger partial charge on any atom is -0.372 e. The van der Waals surface area contributed by atoms with Crippen molar-refractivity contribution in [1.82, 2.24) is 24.3 Å². The summed E-state index contributed by atoms with van der Waals surface area (Å²) in [5.74, 6) is 0. The van der Waals surface area contributed by atoms with Crippen LogP contribution in [-0.2, 0) is 41.2 Å². The molecule has 0 radical (unpaired) electrons. The van der Waals surface area contributed by atoms with Crippen LogP contribution in [0, 0.1) is 0 Å². The molecule has 3 heterocycles. The van der Waals surface area contributed by atoms with Gasteiger partial charge in [-0.2, -0.15) is 10.2 Å². The smallest absolute Gasteiger partial charge is 0.244 e. The maximum Gasteiger partial charge on any atom is 0.244 e. The highest BCUT2D eigenvalue weighted by Crippen LogP contribution is 2.30. The van der Waals surface area contributed by atoms with E-state index in [9.17, 15) is 8.42 Å². The zero-order valence-corrected chi connectivity index (χ0v) is 17.3. The van der Waals surface area contributed by atoms with Crippen molar-refractivity contribution in [2.75, 3.05) is 6.61 Å². The molecule has 0 unspecified atom stereocenters. The van der Waals surface area contributed by atoms with E-state index in [1.54, 1.807) is 17.9 Å². The molecule has 2 atom stereocenters. The molecular weight excluding hydrogens is 366 g/mol. The zero-order valence-electron chi connectivity index (χ0n) is 16.5. The van der Waals surface area contributed by atoms with Crippen molar-refractivity contribution in [3.8, 4) is 0 Å². The first-order valence-corrected chi connectivity index (χ1v) is 11.1. The number of hydrogen-bond donors (Lipinski definition) is 1. The Morgan fingerprint density at radius 3 is 2.70 bits per heavy atom. The molecule has 0 saturated carbocycles. The van der Waals surface area contributed by atoms with Gasteiger partial charge < -0.3 is 4.74 Å². The summed E-state index contributed by atoms with van der Waals surface area (Å²) in [7, 11) is -1.91. The van der Waals surface area contributed by atoms with Crippen LogP contribution >= 0.6 is 0 Å². The van der Waals surface area contributed by atoms with Crippen LogP contribution in [0.1, 0.15) is 56.7 Å². The van der Waals surface area contributed by atoms with Gasteiger partial charge in [-0.3, -0.25) is 9.36 Å². The topological polar surface area (TPSA) is 91.0 Å². The largest absolute Gasteiger partial charge is 0.372 e. The van der Waals surface area contributed by atoms with Gasteiger partial charge in [0.05, 0.1) is 23.6 Å². The van der Waals surface area contributed by atoms with Crippen molar-refractivity contribution in [2.45, 2.75) is 70.0 Å². The van der Waals surface area contributed by atoms with E-state index in [2.05, 4.69) is 14.9 Å². The van der Waals surface area contributed by atoms with Gasteiger partial charge in [-0.1, -0.05) is 13.8 Å². The molecule has 2 aromatic heterocycles. The third-order valence-electron chi connectivity index (χ3n) is 5.06. The lowest BCUT2D eigenvalue weighted by Gasteiger charge is -2.31. The molecule has 1 fully saturated rings. The van der Waals surface area contributed by atoms with Crippen LogP contribution in [0.4, 0.5) is 0 Å². The van der Waals surface area contributed by atoms with Gasteiger partial charge in [0, 0.05) is 32.0 Å². The molecule has 9 heteroatoms. The van der Waals surface area contributed by atoms with Gasteiger partial charge in [-0.05, 0) is 32.6 Å². The van der Waals surface area contributed by atoms with E-state index in [-0.39, 0.29) is 12.1 Å². The van der Waals surface area contributed by atoms with Crippen LogP contribution in [-0.4, -0.2) is 40.6 Å². The summed E-state index contributed by atoms with van der Waals surface area (Å²) >= 11 is 0. The number of nitrogens with one attached hydrogen (secondary N) is 1. The van der Waals surface area contributed by atoms with E-state index in [0.29, 0.717) is 30.0 Å². The molecular formula is C18H29N5O3S. The number of sulfonamides is 1. The quantitative estimate of drug-likeness (QED) is 0.774. The SMILES string of the molecule is CCc1nn(C)c(CC)c1S(=O)(=O)N[C@H]1CCCO[C@@H]1c1cnn(CC)c1. The van der Waals surface area contributed by atoms with Gasteiger partial charge in [0.1, 0.15) is 11.0 Å². The van der Waals surface area contributed by atoms with Gasteiger partial charge in [0.2, 0.25) is 10.0 Å². The van der Waals surface area contributed by atoms with E-state index in [4.69, 9.17) is 4.74 Å². The standard InChI is InChI=1S/C18H29N5O3S/c1-5-14-18(16(6-2)22(4)20-14)27(24,25)21-15-9-8-10-26-17(15)13-11-19-23(7-3)12-13/h11-12,15,17,21H,5-10H2,1-4H3/t15-,17+/m0/s1. The Morgan fingerprint density at radius 1 is 1.30 bits per heavy atom. The number of ether oxygens (including phenoxy) is 1. The molecule has 0 bridgehead atoms. The summed E-state index contributed by atoms with van der Waals surface area (Å²) < 4.78 is 38.9. The van der Waals surface area contributed by atoms with Gasteiger partial charge in [-0.15, -0.1) is 0 Å². The van der Waals surface area contributed by atoms with E-state index in [0.717, 1.165) is 30.6 Å². The Bertz CT molecular complexity index is 887. The van der Waals surface area contributed by atoms with E-state index < -0.39 is 10.0 Å². The molecule has 0 amide bonds. The van der Waals surface area contributed by atoms with Crippen molar-refractivity contribution in [3.63, 3.8) is 0 Å². The number of aryl methyl sites for hydroxylation is 3. The molecule has 8 nitrogen and oxygen atoms in total. The first kappa shape index (κ1) is 20.0. The lowest BCUT2D eigenvalue weighted by atomic mass is 9.99. The van der Waals surface area contributed by atoms with Crippen LogP contribution in [0.15, 0.2) is 17.3 Å². The fraction of sp³-hybridized carbons (Fsp3) is 0.667. The predicted molar refractivity (Wildman–Crippen MR) is 102 cm³/mol. The summed E-state index contributed by atoms with van der Waals surface area (Å²) in [6.07, 6.45) is 6.08. The molecule has 1 saturated heterocycles. The molecule has 1 aliphatic rings. The molecule has 1 aliphatic heterocycles. The minimum absolute atomic E-state index is 0.323. The van der Waals surface area contributed by atoms with Crippen LogP contribution < -0.4 is 4.72 Å². The number of hydrogen-bond acceptors (Lipinski definition) is 5. The summed E-state index contributed by atoms with van der Waals surface area (Å²) in [6, 6.07) is -0.326. The molecule has 0 aromatic carbocycles. The number of nitrogens with zero attached hydrogens (tertiary/aromatic N) is 4. The second-order valence-electron chi connectivity index (χ2n) is 6.84. The second kappa shape index (κ2) is 8.12. The average molecular weight is 396 g/mol. The lowest BCUT2D eigenvalue weighted by molar-refractivity contribution is -0.00448. The first-order valence-electron chi connectivity index (χ1n) is 9.62. The Hall–Kier alpha value is -1.71. The monoisotopic (exact) mass is 395 g/mol. The van der Waals surface area contributed by atoms with Crippen LogP contribution in [0.2, 0.25) is 0 Å². The van der Waals surface area contributed by atoms with E-state index in [1.807, 2.05) is 31.6 Å². The zero-order chi connectivity index (χ0) is 19.6. The minimum atomic E-state index is -3.70. The van der Waals surface area contributed by atoms with Gasteiger partial charge in [-0.25, -0.2) is 13.1 Å². The van der Waals surface area contributed by atoms with Gasteiger partial charge in [0.15, 0.2) is 0 Å². The third-order valence-corrected chi connectivity index (χ3v) is 6.68. The lowest BCUT2D eigenvalue weighted by Crippen LogP contribution is -2.43. The highest BCUT2D eigenvalue weighted by molar-refractivity contribution is 7.89. The van der Waals surface area contributed by atoms with Crippen LogP contribution in [0.25, 0.3) is 0 Å². The summed E-state index contributed by atoms with van der Waals surface area (Å²) in [5.41, 5.74) is 2.24. The van der Waals surface area contributed by atoms with Crippen LogP contribution in [0.5, 0.6) is 0 Å². The Kier molecular flexibility index (Phi) is 6.02. The molecule has 27 heavy (non-hydrogen) atoms. The Morgan fingerprint density at radius 2 is 2.07 bits per heavy atom. The van der Waals surface area contributed by atoms with Gasteiger partial charge in [0.25, 0.3) is 0 Å². The van der Waals surface area contributed by atoms with Crippen LogP contribution in [0.3, 0.4) is 0 Å². The third kappa shape index (κ3) is 3.95. The van der Waals surface area contributed by atoms with Gasteiger partial charge >= 0.3 is 0 Å². The highest BCUT2D eigenvalue weighted by Gasteiger charge is 2.35. The van der Waals surface area contributed by atoms with Crippen molar-refractivity contribution in [1.29, 1.82) is 0 Å². The first-order chi connectivity index (χ1) is 12.9. The normalized spacial score (nSPS) is 20.9. The highest BCUT2D eigenvalue weighted by atomic mass is 32.2. The number of aromatic nitrogens is 4. The van der Waals surface area contributed by atoms with Crippen molar-refractivity contribution in [3.05, 3.63) is 29.3 Å². The maximum absolute atomic E-state index is 13.3. The number of rotatable bonds is 7. The van der Waals surface area contributed by atoms with Crippen molar-refractivity contribution < 1.29 is 13.2 Å². The van der Waals surface area contributed by atoms with Crippen molar-refractivity contribution >= 4 is 10.0 Å². The average Bonchev–Trinajstić information content (AvgIpc) is 3.25. The fourth-order valence-corrected chi connectivity index (χ4v) is 5.56. The predicted octanol–water partition coefficient (Wildman–Crippen LogP) is 1.96.